The fourth-order valence-corrected chi connectivity index (χ4v) is 8.43. The number of nitrogens with zero attached hydrogens (tertiary/aromatic N) is 3. The van der Waals surface area contributed by atoms with E-state index in [-0.39, 0.29) is 11.9 Å². The van der Waals surface area contributed by atoms with Crippen molar-refractivity contribution in [1.82, 2.24) is 9.13 Å². The standard InChI is InChI=1S/C41H53N3O2/c1-5-7-9-11-13-19-27-43-30(3)38(33-21-15-17-23-36(33)43)41(35-29-46-40(45)32(35)25-26-42-41)39-31(4)44(28-20-14-12-10-8-6-2)37-24-18-16-22-34(37)39/h15-18,21-26,35H,5-14,19-20,27-29H2,1-4H3. The number of aliphatic imine (C=N–C) groups is 1. The maximum Gasteiger partial charge on any atom is 0.334 e. The number of unbranched alkanes of at least 4 members (excludes halogenated alkanes) is 10. The molecule has 0 bridgehead atoms. The van der Waals surface area contributed by atoms with Gasteiger partial charge >= 0.3 is 5.97 Å². The van der Waals surface area contributed by atoms with Gasteiger partial charge in [0.15, 0.2) is 0 Å². The molecule has 2 aliphatic heterocycles. The maximum atomic E-state index is 13.2. The summed E-state index contributed by atoms with van der Waals surface area (Å²) in [6, 6.07) is 17.7. The molecule has 2 aromatic carbocycles. The summed E-state index contributed by atoms with van der Waals surface area (Å²) < 4.78 is 10.9. The first-order valence-corrected chi connectivity index (χ1v) is 18.1. The van der Waals surface area contributed by atoms with Gasteiger partial charge in [0.25, 0.3) is 0 Å². The van der Waals surface area contributed by atoms with Crippen molar-refractivity contribution in [2.45, 2.75) is 123 Å². The van der Waals surface area contributed by atoms with E-state index in [0.717, 1.165) is 31.5 Å². The van der Waals surface area contributed by atoms with Crippen molar-refractivity contribution in [3.8, 4) is 0 Å². The Morgan fingerprint density at radius 3 is 1.72 bits per heavy atom. The highest BCUT2D eigenvalue weighted by atomic mass is 16.5. The smallest absolute Gasteiger partial charge is 0.334 e. The third-order valence-corrected chi connectivity index (χ3v) is 10.7. The lowest BCUT2D eigenvalue weighted by Crippen LogP contribution is -2.39. The number of para-hydroxylation sites is 2. The highest BCUT2D eigenvalue weighted by molar-refractivity contribution is 6.00. The van der Waals surface area contributed by atoms with E-state index in [1.54, 1.807) is 0 Å². The highest BCUT2D eigenvalue weighted by Crippen LogP contribution is 2.54. The minimum Gasteiger partial charge on any atom is -0.462 e. The van der Waals surface area contributed by atoms with Crippen LogP contribution in [0.15, 0.2) is 65.2 Å². The molecule has 2 aromatic heterocycles. The molecule has 4 aromatic rings. The molecule has 0 spiro atoms. The Labute approximate surface area is 275 Å². The van der Waals surface area contributed by atoms with Crippen LogP contribution in [0, 0.1) is 19.8 Å². The molecule has 0 amide bonds. The number of ether oxygens (including phenoxy) is 1. The van der Waals surface area contributed by atoms with Crippen LogP contribution in [-0.4, -0.2) is 27.9 Å². The van der Waals surface area contributed by atoms with Gasteiger partial charge < -0.3 is 13.9 Å². The van der Waals surface area contributed by atoms with E-state index in [1.165, 1.54) is 109 Å². The van der Waals surface area contributed by atoms with Gasteiger partial charge in [-0.05, 0) is 44.9 Å². The number of cyclic esters (lactones) is 1. The highest BCUT2D eigenvalue weighted by Gasteiger charge is 2.54. The Morgan fingerprint density at radius 1 is 0.717 bits per heavy atom. The van der Waals surface area contributed by atoms with Crippen molar-refractivity contribution in [3.05, 3.63) is 82.7 Å². The number of aryl methyl sites for hydroxylation is 2. The van der Waals surface area contributed by atoms with E-state index in [2.05, 4.69) is 85.4 Å². The zero-order valence-corrected chi connectivity index (χ0v) is 28.6. The number of fused-ring (bicyclic) bond motifs is 3. The zero-order valence-electron chi connectivity index (χ0n) is 28.6. The zero-order chi connectivity index (χ0) is 32.1. The Morgan fingerprint density at radius 2 is 1.20 bits per heavy atom. The lowest BCUT2D eigenvalue weighted by Gasteiger charge is -2.38. The van der Waals surface area contributed by atoms with Crippen LogP contribution in [0.5, 0.6) is 0 Å². The summed E-state index contributed by atoms with van der Waals surface area (Å²) in [6.07, 6.45) is 19.0. The second-order valence-corrected chi connectivity index (χ2v) is 13.6. The van der Waals surface area contributed by atoms with Gasteiger partial charge in [0, 0.05) is 69.2 Å². The van der Waals surface area contributed by atoms with Crippen LogP contribution in [0.2, 0.25) is 0 Å². The predicted octanol–water partition coefficient (Wildman–Crippen LogP) is 10.4. The van der Waals surface area contributed by atoms with Crippen molar-refractivity contribution >= 4 is 34.0 Å². The molecular weight excluding hydrogens is 566 g/mol. The number of allylic oxidation sites excluding steroid dienone is 1. The Balaban J connectivity index is 1.50. The fourth-order valence-electron chi connectivity index (χ4n) is 8.43. The number of aromatic nitrogens is 2. The molecule has 6 rings (SSSR count). The summed E-state index contributed by atoms with van der Waals surface area (Å²) >= 11 is 0. The first-order valence-electron chi connectivity index (χ1n) is 18.1. The number of carbonyl (C=O) groups is 1. The lowest BCUT2D eigenvalue weighted by atomic mass is 9.68. The van der Waals surface area contributed by atoms with Gasteiger partial charge in [-0.2, -0.15) is 0 Å². The minimum absolute atomic E-state index is 0.191. The molecule has 0 N–H and O–H groups in total. The molecule has 5 nitrogen and oxygen atoms in total. The van der Waals surface area contributed by atoms with E-state index in [9.17, 15) is 4.79 Å². The van der Waals surface area contributed by atoms with E-state index < -0.39 is 5.54 Å². The third-order valence-electron chi connectivity index (χ3n) is 10.7. The van der Waals surface area contributed by atoms with E-state index >= 15 is 0 Å². The number of dihydropyridines is 1. The number of esters is 1. The number of hydrogen-bond donors (Lipinski definition) is 0. The molecule has 0 aliphatic carbocycles. The monoisotopic (exact) mass is 619 g/mol. The fraction of sp³-hybridized carbons (Fsp3) is 0.512. The average molecular weight is 620 g/mol. The normalized spacial score (nSPS) is 17.2. The van der Waals surface area contributed by atoms with Crippen LogP contribution in [0.4, 0.5) is 0 Å². The lowest BCUT2D eigenvalue weighted by molar-refractivity contribution is -0.135. The third kappa shape index (κ3) is 5.75. The van der Waals surface area contributed by atoms with Crippen molar-refractivity contribution in [2.75, 3.05) is 6.61 Å². The summed E-state index contributed by atoms with van der Waals surface area (Å²) in [5.41, 5.74) is 7.44. The summed E-state index contributed by atoms with van der Waals surface area (Å²) in [4.78, 5) is 18.7. The number of hydrogen-bond acceptors (Lipinski definition) is 3. The van der Waals surface area contributed by atoms with Crippen LogP contribution in [0.1, 0.15) is 113 Å². The summed E-state index contributed by atoms with van der Waals surface area (Å²) in [7, 11) is 0. The Kier molecular flexibility index (Phi) is 10.2. The SMILES string of the molecule is CCCCCCCCn1c(C)c(C2(c3c(C)n(CCCCCCCC)c4ccccc34)N=CC=C3C(=O)OCC32)c2ccccc21. The predicted molar refractivity (Wildman–Crippen MR) is 192 cm³/mol. The van der Waals surface area contributed by atoms with Crippen molar-refractivity contribution in [2.24, 2.45) is 10.9 Å². The summed E-state index contributed by atoms with van der Waals surface area (Å²) in [5, 5.41) is 2.46. The second kappa shape index (κ2) is 14.4. The van der Waals surface area contributed by atoms with Gasteiger partial charge in [-0.25, -0.2) is 4.79 Å². The van der Waals surface area contributed by atoms with Crippen molar-refractivity contribution in [3.63, 3.8) is 0 Å². The molecule has 244 valence electrons. The van der Waals surface area contributed by atoms with Crippen LogP contribution < -0.4 is 0 Å². The van der Waals surface area contributed by atoms with Gasteiger partial charge in [0.1, 0.15) is 12.1 Å². The number of benzene rings is 2. The molecule has 1 fully saturated rings. The van der Waals surface area contributed by atoms with Gasteiger partial charge in [-0.3, -0.25) is 4.99 Å². The number of carbonyl (C=O) groups excluding carboxylic acids is 1. The van der Waals surface area contributed by atoms with E-state index in [4.69, 9.17) is 9.73 Å². The molecule has 1 unspecified atom stereocenters. The minimum atomic E-state index is -0.775. The Bertz CT molecular complexity index is 1640. The van der Waals surface area contributed by atoms with Gasteiger partial charge in [0.2, 0.25) is 0 Å². The van der Waals surface area contributed by atoms with Gasteiger partial charge in [0.05, 0.1) is 5.92 Å². The molecule has 0 saturated carbocycles. The molecule has 5 heteroatoms. The van der Waals surface area contributed by atoms with E-state index in [0.29, 0.717) is 6.61 Å². The first kappa shape index (κ1) is 32.3. The van der Waals surface area contributed by atoms with E-state index in [1.807, 2.05) is 12.3 Å². The quantitative estimate of drug-likeness (QED) is 0.0925. The largest absolute Gasteiger partial charge is 0.462 e. The molecule has 2 aliphatic rings. The van der Waals surface area contributed by atoms with Crippen molar-refractivity contribution in [1.29, 1.82) is 0 Å². The molecular formula is C41H53N3O2. The van der Waals surface area contributed by atoms with Gasteiger partial charge in [-0.1, -0.05) is 114 Å². The topological polar surface area (TPSA) is 48.5 Å². The van der Waals surface area contributed by atoms with Crippen LogP contribution >= 0.6 is 0 Å². The molecule has 4 heterocycles. The molecule has 46 heavy (non-hydrogen) atoms. The maximum absolute atomic E-state index is 13.2. The van der Waals surface area contributed by atoms with Crippen molar-refractivity contribution < 1.29 is 9.53 Å². The van der Waals surface area contributed by atoms with Gasteiger partial charge in [-0.15, -0.1) is 0 Å². The average Bonchev–Trinajstić information content (AvgIpc) is 3.69. The number of rotatable bonds is 16. The molecule has 1 atom stereocenters. The second-order valence-electron chi connectivity index (χ2n) is 13.6. The molecule has 0 radical (unpaired) electrons. The van der Waals surface area contributed by atoms with Crippen LogP contribution in [-0.2, 0) is 28.2 Å². The first-order chi connectivity index (χ1) is 22.5. The summed E-state index contributed by atoms with van der Waals surface area (Å²) in [6.45, 7) is 11.4. The Hall–Kier alpha value is -3.60. The molecule has 1 saturated heterocycles. The van der Waals surface area contributed by atoms with Crippen LogP contribution in [0.3, 0.4) is 0 Å². The van der Waals surface area contributed by atoms with Crippen LogP contribution in [0.25, 0.3) is 21.8 Å². The summed E-state index contributed by atoms with van der Waals surface area (Å²) in [5.74, 6) is -0.397.